The van der Waals surface area contributed by atoms with E-state index in [9.17, 15) is 4.79 Å². The van der Waals surface area contributed by atoms with Gasteiger partial charge in [0.15, 0.2) is 0 Å². The first kappa shape index (κ1) is 13.8. The third-order valence-corrected chi connectivity index (χ3v) is 3.76. The van der Waals surface area contributed by atoms with Gasteiger partial charge in [0.2, 0.25) is 5.78 Å². The number of methoxy groups -OCH3 is 1. The lowest BCUT2D eigenvalue weighted by Crippen LogP contribution is -2.09. The number of hydrogen-bond donors (Lipinski definition) is 0. The molecule has 2 rings (SSSR count). The van der Waals surface area contributed by atoms with E-state index in [2.05, 4.69) is 0 Å². The molecule has 1 aromatic carbocycles. The molecule has 3 nitrogen and oxygen atoms in total. The number of ether oxygens (including phenoxy) is 2. The minimum Gasteiger partial charge on any atom is -0.490 e. The number of ketones is 1. The molecule has 0 atom stereocenters. The molecule has 2 aromatic rings. The number of thiophene rings is 1. The van der Waals surface area contributed by atoms with Gasteiger partial charge in [-0.2, -0.15) is 0 Å². The van der Waals surface area contributed by atoms with Crippen LogP contribution in [-0.4, -0.2) is 26.1 Å². The van der Waals surface area contributed by atoms with E-state index in [-0.39, 0.29) is 5.78 Å². The topological polar surface area (TPSA) is 35.5 Å². The van der Waals surface area contributed by atoms with Crippen molar-refractivity contribution in [1.29, 1.82) is 0 Å². The molecule has 0 saturated carbocycles. The van der Waals surface area contributed by atoms with Crippen LogP contribution >= 0.6 is 11.3 Å². The minimum absolute atomic E-state index is 0.0144. The molecule has 0 amide bonds. The summed E-state index contributed by atoms with van der Waals surface area (Å²) < 4.78 is 10.5. The molecule has 0 spiro atoms. The molecule has 1 heterocycles. The second-order valence-corrected chi connectivity index (χ2v) is 5.02. The van der Waals surface area contributed by atoms with E-state index in [1.807, 2.05) is 36.6 Å². The van der Waals surface area contributed by atoms with E-state index in [4.69, 9.17) is 9.47 Å². The fourth-order valence-corrected chi connectivity index (χ4v) is 2.62. The van der Waals surface area contributed by atoms with Gasteiger partial charge in [-0.05, 0) is 36.1 Å². The summed E-state index contributed by atoms with van der Waals surface area (Å²) in [6, 6.07) is 9.27. The second kappa shape index (κ2) is 6.50. The molecule has 0 aliphatic carbocycles. The van der Waals surface area contributed by atoms with E-state index in [0.717, 1.165) is 10.4 Å². The number of carbonyl (C=O) groups excluding carboxylic acids is 1. The summed E-state index contributed by atoms with van der Waals surface area (Å²) >= 11 is 1.46. The number of rotatable bonds is 6. The van der Waals surface area contributed by atoms with Gasteiger partial charge in [0.1, 0.15) is 12.4 Å². The maximum Gasteiger partial charge on any atom is 0.206 e. The molecule has 4 heteroatoms. The van der Waals surface area contributed by atoms with Gasteiger partial charge >= 0.3 is 0 Å². The summed E-state index contributed by atoms with van der Waals surface area (Å²) in [4.78, 5) is 13.2. The van der Waals surface area contributed by atoms with Crippen molar-refractivity contribution in [2.75, 3.05) is 20.3 Å². The van der Waals surface area contributed by atoms with Crippen molar-refractivity contribution in [2.45, 2.75) is 6.92 Å². The zero-order valence-corrected chi connectivity index (χ0v) is 11.8. The van der Waals surface area contributed by atoms with E-state index in [1.165, 1.54) is 11.3 Å². The van der Waals surface area contributed by atoms with Gasteiger partial charge in [0.05, 0.1) is 17.0 Å². The molecule has 0 fully saturated rings. The van der Waals surface area contributed by atoms with Crippen molar-refractivity contribution in [3.8, 4) is 5.75 Å². The van der Waals surface area contributed by atoms with Crippen LogP contribution in [0, 0.1) is 6.92 Å². The molecule has 0 aliphatic heterocycles. The lowest BCUT2D eigenvalue weighted by atomic mass is 10.1. The maximum atomic E-state index is 12.5. The molecule has 0 radical (unpaired) electrons. The van der Waals surface area contributed by atoms with E-state index >= 15 is 0 Å². The van der Waals surface area contributed by atoms with Gasteiger partial charge in [-0.1, -0.05) is 12.1 Å². The highest BCUT2D eigenvalue weighted by molar-refractivity contribution is 7.12. The Morgan fingerprint density at radius 1 is 1.21 bits per heavy atom. The van der Waals surface area contributed by atoms with Crippen molar-refractivity contribution < 1.29 is 14.3 Å². The van der Waals surface area contributed by atoms with Gasteiger partial charge in [0.25, 0.3) is 0 Å². The zero-order chi connectivity index (χ0) is 13.7. The number of carbonyl (C=O) groups is 1. The van der Waals surface area contributed by atoms with Crippen LogP contribution in [-0.2, 0) is 4.74 Å². The predicted molar refractivity (Wildman–Crippen MR) is 76.3 cm³/mol. The van der Waals surface area contributed by atoms with Gasteiger partial charge < -0.3 is 9.47 Å². The first-order chi connectivity index (χ1) is 9.24. The Balaban J connectivity index is 2.24. The normalized spacial score (nSPS) is 10.4. The van der Waals surface area contributed by atoms with E-state index in [0.29, 0.717) is 24.5 Å². The van der Waals surface area contributed by atoms with Crippen LogP contribution in [0.15, 0.2) is 35.7 Å². The fourth-order valence-electron chi connectivity index (χ4n) is 1.74. The average Bonchev–Trinajstić information content (AvgIpc) is 2.85. The summed E-state index contributed by atoms with van der Waals surface area (Å²) in [6.45, 7) is 2.88. The van der Waals surface area contributed by atoms with Crippen LogP contribution in [0.4, 0.5) is 0 Å². The monoisotopic (exact) mass is 276 g/mol. The van der Waals surface area contributed by atoms with Crippen LogP contribution in [0.2, 0.25) is 0 Å². The Morgan fingerprint density at radius 2 is 2.00 bits per heavy atom. The first-order valence-corrected chi connectivity index (χ1v) is 6.91. The minimum atomic E-state index is 0.0144. The van der Waals surface area contributed by atoms with Crippen molar-refractivity contribution >= 4 is 17.1 Å². The molecular formula is C15H16O3S. The van der Waals surface area contributed by atoms with Crippen LogP contribution in [0.5, 0.6) is 5.75 Å². The quantitative estimate of drug-likeness (QED) is 0.600. The largest absolute Gasteiger partial charge is 0.490 e. The van der Waals surface area contributed by atoms with Crippen molar-refractivity contribution in [2.24, 2.45) is 0 Å². The zero-order valence-electron chi connectivity index (χ0n) is 11.0. The van der Waals surface area contributed by atoms with Crippen LogP contribution in [0.3, 0.4) is 0 Å². The molecule has 100 valence electrons. The summed E-state index contributed by atoms with van der Waals surface area (Å²) in [5, 5.41) is 1.93. The summed E-state index contributed by atoms with van der Waals surface area (Å²) in [5.74, 6) is 0.623. The molecule has 0 bridgehead atoms. The van der Waals surface area contributed by atoms with Crippen molar-refractivity contribution in [1.82, 2.24) is 0 Å². The summed E-state index contributed by atoms with van der Waals surface area (Å²) in [5.41, 5.74) is 1.60. The molecule has 0 saturated heterocycles. The number of para-hydroxylation sites is 1. The van der Waals surface area contributed by atoms with Gasteiger partial charge in [0, 0.05) is 7.11 Å². The second-order valence-electron chi connectivity index (χ2n) is 4.10. The Morgan fingerprint density at radius 3 is 2.68 bits per heavy atom. The molecule has 19 heavy (non-hydrogen) atoms. The third kappa shape index (κ3) is 3.22. The van der Waals surface area contributed by atoms with E-state index < -0.39 is 0 Å². The van der Waals surface area contributed by atoms with Gasteiger partial charge in [-0.15, -0.1) is 11.3 Å². The molecule has 0 N–H and O–H groups in total. The SMILES string of the molecule is COCCOc1ccccc1C(=O)c1sccc1C. The smallest absolute Gasteiger partial charge is 0.206 e. The highest BCUT2D eigenvalue weighted by Gasteiger charge is 2.17. The lowest BCUT2D eigenvalue weighted by molar-refractivity contribution is 0.103. The van der Waals surface area contributed by atoms with E-state index in [1.54, 1.807) is 13.2 Å². The summed E-state index contributed by atoms with van der Waals surface area (Å²) in [7, 11) is 1.62. The Kier molecular flexibility index (Phi) is 4.71. The Labute approximate surface area is 116 Å². The molecular weight excluding hydrogens is 260 g/mol. The van der Waals surface area contributed by atoms with Crippen molar-refractivity contribution in [3.63, 3.8) is 0 Å². The third-order valence-electron chi connectivity index (χ3n) is 2.75. The molecule has 1 aromatic heterocycles. The van der Waals surface area contributed by atoms with Crippen LogP contribution in [0.25, 0.3) is 0 Å². The first-order valence-electron chi connectivity index (χ1n) is 6.03. The van der Waals surface area contributed by atoms with Gasteiger partial charge in [-0.25, -0.2) is 0 Å². The highest BCUT2D eigenvalue weighted by Crippen LogP contribution is 2.25. The Hall–Kier alpha value is -1.65. The highest BCUT2D eigenvalue weighted by atomic mass is 32.1. The fraction of sp³-hybridized carbons (Fsp3) is 0.267. The number of hydrogen-bond acceptors (Lipinski definition) is 4. The predicted octanol–water partition coefficient (Wildman–Crippen LogP) is 3.31. The van der Waals surface area contributed by atoms with Crippen molar-refractivity contribution in [3.05, 3.63) is 51.7 Å². The van der Waals surface area contributed by atoms with Crippen LogP contribution in [0.1, 0.15) is 20.8 Å². The molecule has 0 unspecified atom stereocenters. The molecule has 0 aliphatic rings. The van der Waals surface area contributed by atoms with Gasteiger partial charge in [-0.3, -0.25) is 4.79 Å². The number of aryl methyl sites for hydroxylation is 1. The summed E-state index contributed by atoms with van der Waals surface area (Å²) in [6.07, 6.45) is 0. The lowest BCUT2D eigenvalue weighted by Gasteiger charge is -2.10. The average molecular weight is 276 g/mol. The maximum absolute atomic E-state index is 12.5. The standard InChI is InChI=1S/C15H16O3S/c1-11-7-10-19-15(11)14(16)12-5-3-4-6-13(12)18-9-8-17-2/h3-7,10H,8-9H2,1-2H3. The number of benzene rings is 1. The van der Waals surface area contributed by atoms with Crippen LogP contribution < -0.4 is 4.74 Å². The Bertz CT molecular complexity index is 560.